The molecule has 0 saturated heterocycles. The molecule has 7 heteroatoms. The molecule has 26 heavy (non-hydrogen) atoms. The van der Waals surface area contributed by atoms with Crippen molar-refractivity contribution in [3.05, 3.63) is 65.2 Å². The van der Waals surface area contributed by atoms with Crippen LogP contribution in [0.1, 0.15) is 18.9 Å². The molecule has 2 aromatic rings. The maximum absolute atomic E-state index is 12.7. The summed E-state index contributed by atoms with van der Waals surface area (Å²) >= 11 is 6.00. The Labute approximate surface area is 160 Å². The minimum Gasteiger partial charge on any atom is -0.354 e. The number of anilines is 1. The number of halogens is 1. The molecule has 0 bridgehead atoms. The quantitative estimate of drug-likeness (QED) is 0.747. The standard InChI is InChI=1S/C19H23ClN2O3S/c1-3-18(19(23)21-13-12-15-8-5-4-6-9-15)22(26(2,24)25)17-11-7-10-16(20)14-17/h4-11,14,18H,3,12-13H2,1-2H3,(H,21,23)/t18-/m0/s1. The first kappa shape index (κ1) is 20.3. The number of rotatable bonds is 8. The average molecular weight is 395 g/mol. The summed E-state index contributed by atoms with van der Waals surface area (Å²) in [5.74, 6) is -0.325. The zero-order valence-corrected chi connectivity index (χ0v) is 16.4. The molecule has 0 aliphatic heterocycles. The van der Waals surface area contributed by atoms with E-state index >= 15 is 0 Å². The molecule has 1 amide bonds. The predicted molar refractivity (Wildman–Crippen MR) is 106 cm³/mol. The van der Waals surface area contributed by atoms with Crippen LogP contribution in [0.3, 0.4) is 0 Å². The first-order chi connectivity index (χ1) is 12.3. The molecule has 0 aliphatic carbocycles. The number of nitrogens with one attached hydrogen (secondary N) is 1. The van der Waals surface area contributed by atoms with Crippen molar-refractivity contribution in [2.45, 2.75) is 25.8 Å². The maximum atomic E-state index is 12.7. The molecule has 1 atom stereocenters. The topological polar surface area (TPSA) is 66.5 Å². The lowest BCUT2D eigenvalue weighted by Gasteiger charge is -2.30. The molecule has 2 rings (SSSR count). The lowest BCUT2D eigenvalue weighted by atomic mass is 10.1. The number of carbonyl (C=O) groups excluding carboxylic acids is 1. The van der Waals surface area contributed by atoms with Crippen LogP contribution in [0.4, 0.5) is 5.69 Å². The molecular formula is C19H23ClN2O3S. The van der Waals surface area contributed by atoms with Crippen molar-refractivity contribution in [2.24, 2.45) is 0 Å². The van der Waals surface area contributed by atoms with E-state index in [2.05, 4.69) is 5.32 Å². The summed E-state index contributed by atoms with van der Waals surface area (Å²) < 4.78 is 25.8. The highest BCUT2D eigenvalue weighted by molar-refractivity contribution is 7.92. The van der Waals surface area contributed by atoms with Gasteiger partial charge in [-0.3, -0.25) is 9.10 Å². The Morgan fingerprint density at radius 3 is 2.42 bits per heavy atom. The van der Waals surface area contributed by atoms with Gasteiger partial charge in [0, 0.05) is 11.6 Å². The highest BCUT2D eigenvalue weighted by atomic mass is 35.5. The van der Waals surface area contributed by atoms with E-state index in [0.29, 0.717) is 30.1 Å². The summed E-state index contributed by atoms with van der Waals surface area (Å²) in [5, 5.41) is 3.25. The summed E-state index contributed by atoms with van der Waals surface area (Å²) in [6.45, 7) is 2.22. The molecule has 0 spiro atoms. The lowest BCUT2D eigenvalue weighted by molar-refractivity contribution is -0.122. The van der Waals surface area contributed by atoms with Crippen LogP contribution in [0.25, 0.3) is 0 Å². The van der Waals surface area contributed by atoms with E-state index in [1.807, 2.05) is 30.3 Å². The molecule has 1 N–H and O–H groups in total. The van der Waals surface area contributed by atoms with E-state index in [1.54, 1.807) is 31.2 Å². The zero-order chi connectivity index (χ0) is 19.2. The normalized spacial score (nSPS) is 12.4. The summed E-state index contributed by atoms with van der Waals surface area (Å²) in [6, 6.07) is 15.4. The minimum atomic E-state index is -3.65. The number of amides is 1. The second-order valence-electron chi connectivity index (χ2n) is 5.99. The van der Waals surface area contributed by atoms with Crippen LogP contribution in [0.2, 0.25) is 5.02 Å². The Balaban J connectivity index is 2.15. The smallest absolute Gasteiger partial charge is 0.243 e. The van der Waals surface area contributed by atoms with Gasteiger partial charge in [-0.05, 0) is 36.6 Å². The van der Waals surface area contributed by atoms with Crippen molar-refractivity contribution in [3.63, 3.8) is 0 Å². The third-order valence-corrected chi connectivity index (χ3v) is 5.36. The van der Waals surface area contributed by atoms with Gasteiger partial charge in [0.15, 0.2) is 0 Å². The lowest BCUT2D eigenvalue weighted by Crippen LogP contribution is -2.49. The van der Waals surface area contributed by atoms with Gasteiger partial charge in [-0.25, -0.2) is 8.42 Å². The van der Waals surface area contributed by atoms with E-state index < -0.39 is 16.1 Å². The highest BCUT2D eigenvalue weighted by Crippen LogP contribution is 2.25. The first-order valence-corrected chi connectivity index (χ1v) is 10.6. The number of hydrogen-bond donors (Lipinski definition) is 1. The van der Waals surface area contributed by atoms with Crippen molar-refractivity contribution >= 4 is 33.2 Å². The van der Waals surface area contributed by atoms with Gasteiger partial charge in [0.1, 0.15) is 6.04 Å². The molecule has 0 radical (unpaired) electrons. The minimum absolute atomic E-state index is 0.325. The van der Waals surface area contributed by atoms with Crippen LogP contribution in [-0.2, 0) is 21.2 Å². The van der Waals surface area contributed by atoms with Crippen LogP contribution in [0.5, 0.6) is 0 Å². The number of benzene rings is 2. The van der Waals surface area contributed by atoms with E-state index in [-0.39, 0.29) is 5.91 Å². The summed E-state index contributed by atoms with van der Waals surface area (Å²) in [7, 11) is -3.65. The van der Waals surface area contributed by atoms with Crippen molar-refractivity contribution in [1.82, 2.24) is 5.32 Å². The number of nitrogens with zero attached hydrogens (tertiary/aromatic N) is 1. The van der Waals surface area contributed by atoms with Crippen LogP contribution in [0.15, 0.2) is 54.6 Å². The Kier molecular flexibility index (Phi) is 7.06. The average Bonchev–Trinajstić information content (AvgIpc) is 2.59. The summed E-state index contributed by atoms with van der Waals surface area (Å²) in [6.07, 6.45) is 2.11. The van der Waals surface area contributed by atoms with E-state index in [4.69, 9.17) is 11.6 Å². The molecule has 0 aliphatic rings. The van der Waals surface area contributed by atoms with Crippen molar-refractivity contribution in [3.8, 4) is 0 Å². The molecule has 2 aromatic carbocycles. The van der Waals surface area contributed by atoms with Gasteiger partial charge in [0.25, 0.3) is 0 Å². The van der Waals surface area contributed by atoms with Crippen LogP contribution in [0, 0.1) is 0 Å². The van der Waals surface area contributed by atoms with Gasteiger partial charge in [0.05, 0.1) is 11.9 Å². The fourth-order valence-electron chi connectivity index (χ4n) is 2.77. The third kappa shape index (κ3) is 5.47. The van der Waals surface area contributed by atoms with Crippen LogP contribution < -0.4 is 9.62 Å². The van der Waals surface area contributed by atoms with Gasteiger partial charge in [-0.1, -0.05) is 54.9 Å². The zero-order valence-electron chi connectivity index (χ0n) is 14.9. The Morgan fingerprint density at radius 2 is 1.85 bits per heavy atom. The van der Waals surface area contributed by atoms with Crippen molar-refractivity contribution in [2.75, 3.05) is 17.1 Å². The van der Waals surface area contributed by atoms with Crippen LogP contribution >= 0.6 is 11.6 Å². The van der Waals surface area contributed by atoms with Gasteiger partial charge in [-0.2, -0.15) is 0 Å². The van der Waals surface area contributed by atoms with Gasteiger partial charge < -0.3 is 5.32 Å². The van der Waals surface area contributed by atoms with Crippen LogP contribution in [-0.4, -0.2) is 33.2 Å². The third-order valence-electron chi connectivity index (χ3n) is 3.95. The van der Waals surface area contributed by atoms with E-state index in [9.17, 15) is 13.2 Å². The molecule has 0 aromatic heterocycles. The number of sulfonamides is 1. The molecule has 0 saturated carbocycles. The Morgan fingerprint density at radius 1 is 1.15 bits per heavy atom. The summed E-state index contributed by atoms with van der Waals surface area (Å²) in [4.78, 5) is 12.7. The van der Waals surface area contributed by atoms with E-state index in [0.717, 1.165) is 16.1 Å². The monoisotopic (exact) mass is 394 g/mol. The predicted octanol–water partition coefficient (Wildman–Crippen LogP) is 3.24. The second kappa shape index (κ2) is 9.05. The number of hydrogen-bond acceptors (Lipinski definition) is 3. The molecule has 140 valence electrons. The molecule has 0 fully saturated rings. The summed E-state index contributed by atoms with van der Waals surface area (Å²) in [5.41, 5.74) is 1.49. The number of carbonyl (C=O) groups is 1. The maximum Gasteiger partial charge on any atom is 0.243 e. The fraction of sp³-hybridized carbons (Fsp3) is 0.316. The molecule has 5 nitrogen and oxygen atoms in total. The van der Waals surface area contributed by atoms with Gasteiger partial charge in [0.2, 0.25) is 15.9 Å². The first-order valence-electron chi connectivity index (χ1n) is 8.39. The largest absolute Gasteiger partial charge is 0.354 e. The molecular weight excluding hydrogens is 372 g/mol. The highest BCUT2D eigenvalue weighted by Gasteiger charge is 2.31. The van der Waals surface area contributed by atoms with Gasteiger partial charge in [-0.15, -0.1) is 0 Å². The van der Waals surface area contributed by atoms with Gasteiger partial charge >= 0.3 is 0 Å². The van der Waals surface area contributed by atoms with Crippen molar-refractivity contribution in [1.29, 1.82) is 0 Å². The Bertz CT molecular complexity index is 841. The SMILES string of the molecule is CC[C@@H](C(=O)NCCc1ccccc1)N(c1cccc(Cl)c1)S(C)(=O)=O. The fourth-order valence-corrected chi connectivity index (χ4v) is 4.15. The second-order valence-corrected chi connectivity index (χ2v) is 8.29. The van der Waals surface area contributed by atoms with Crippen molar-refractivity contribution < 1.29 is 13.2 Å². The Hall–Kier alpha value is -2.05. The molecule has 0 heterocycles. The molecule has 0 unspecified atom stereocenters. The van der Waals surface area contributed by atoms with E-state index in [1.165, 1.54) is 0 Å².